The zero-order valence-electron chi connectivity index (χ0n) is 11.4. The molecule has 1 rings (SSSR count). The molecule has 0 aromatic heterocycles. The number of halogens is 1. The monoisotopic (exact) mass is 254 g/mol. The first-order valence-electron chi connectivity index (χ1n) is 5.85. The molecule has 1 aromatic rings. The zero-order chi connectivity index (χ0) is 13.9. The van der Waals surface area contributed by atoms with Crippen LogP contribution in [0.4, 0.5) is 4.39 Å². The minimum Gasteiger partial charge on any atom is -0.476 e. The van der Waals surface area contributed by atoms with E-state index in [9.17, 15) is 9.18 Å². The summed E-state index contributed by atoms with van der Waals surface area (Å²) < 4.78 is 24.1. The largest absolute Gasteiger partial charge is 0.476 e. The fraction of sp³-hybridized carbons (Fsp3) is 0.500. The van der Waals surface area contributed by atoms with Crippen molar-refractivity contribution < 1.29 is 18.7 Å². The normalized spacial score (nSPS) is 13.0. The van der Waals surface area contributed by atoms with Gasteiger partial charge in [-0.3, -0.25) is 0 Å². The number of carbonyl (C=O) groups excluding carboxylic acids is 1. The second-order valence-electron chi connectivity index (χ2n) is 5.18. The predicted molar refractivity (Wildman–Crippen MR) is 67.1 cm³/mol. The highest BCUT2D eigenvalue weighted by atomic mass is 19.1. The molecule has 18 heavy (non-hydrogen) atoms. The molecule has 0 saturated heterocycles. The van der Waals surface area contributed by atoms with E-state index in [1.54, 1.807) is 39.8 Å². The highest BCUT2D eigenvalue weighted by Crippen LogP contribution is 2.21. The first kappa shape index (κ1) is 14.5. The van der Waals surface area contributed by atoms with E-state index in [2.05, 4.69) is 0 Å². The Morgan fingerprint density at radius 3 is 2.50 bits per heavy atom. The summed E-state index contributed by atoms with van der Waals surface area (Å²) in [5, 5.41) is 0. The average molecular weight is 254 g/mol. The summed E-state index contributed by atoms with van der Waals surface area (Å²) in [5.41, 5.74) is -0.108. The van der Waals surface area contributed by atoms with Gasteiger partial charge in [0, 0.05) is 0 Å². The Balaban J connectivity index is 2.73. The third kappa shape index (κ3) is 4.02. The maximum Gasteiger partial charge on any atom is 0.347 e. The predicted octanol–water partition coefficient (Wildman–Crippen LogP) is 3.24. The molecule has 3 nitrogen and oxygen atoms in total. The SMILES string of the molecule is Cc1cccc(OC(C)C(=O)OC(C)(C)C)c1F. The van der Waals surface area contributed by atoms with Crippen LogP contribution < -0.4 is 4.74 Å². The van der Waals surface area contributed by atoms with E-state index in [4.69, 9.17) is 9.47 Å². The maximum absolute atomic E-state index is 13.7. The number of rotatable bonds is 3. The molecule has 0 heterocycles. The van der Waals surface area contributed by atoms with Crippen molar-refractivity contribution in [1.82, 2.24) is 0 Å². The van der Waals surface area contributed by atoms with E-state index < -0.39 is 23.5 Å². The van der Waals surface area contributed by atoms with Gasteiger partial charge in [0.1, 0.15) is 5.60 Å². The number of esters is 1. The van der Waals surface area contributed by atoms with Crippen LogP contribution in [-0.2, 0) is 9.53 Å². The lowest BCUT2D eigenvalue weighted by Crippen LogP contribution is -2.33. The third-order valence-electron chi connectivity index (χ3n) is 2.20. The Morgan fingerprint density at radius 2 is 1.94 bits per heavy atom. The van der Waals surface area contributed by atoms with Crippen LogP contribution in [0.25, 0.3) is 0 Å². The van der Waals surface area contributed by atoms with Crippen LogP contribution in [0.5, 0.6) is 5.75 Å². The van der Waals surface area contributed by atoms with Crippen LogP contribution in [0.2, 0.25) is 0 Å². The van der Waals surface area contributed by atoms with Gasteiger partial charge >= 0.3 is 5.97 Å². The van der Waals surface area contributed by atoms with Crippen LogP contribution in [0.1, 0.15) is 33.3 Å². The van der Waals surface area contributed by atoms with E-state index in [0.29, 0.717) is 5.56 Å². The molecule has 1 unspecified atom stereocenters. The van der Waals surface area contributed by atoms with Crippen molar-refractivity contribution >= 4 is 5.97 Å². The lowest BCUT2D eigenvalue weighted by molar-refractivity contribution is -0.162. The summed E-state index contributed by atoms with van der Waals surface area (Å²) in [4.78, 5) is 11.7. The van der Waals surface area contributed by atoms with Crippen LogP contribution in [-0.4, -0.2) is 17.7 Å². The molecule has 0 N–H and O–H groups in total. The Kier molecular flexibility index (Phi) is 4.33. The highest BCUT2D eigenvalue weighted by Gasteiger charge is 2.23. The lowest BCUT2D eigenvalue weighted by Gasteiger charge is -2.22. The van der Waals surface area contributed by atoms with Gasteiger partial charge < -0.3 is 9.47 Å². The molecule has 1 aromatic carbocycles. The van der Waals surface area contributed by atoms with Crippen molar-refractivity contribution in [2.45, 2.75) is 46.3 Å². The molecule has 0 aliphatic heterocycles. The van der Waals surface area contributed by atoms with Crippen LogP contribution >= 0.6 is 0 Å². The Labute approximate surface area is 107 Å². The average Bonchev–Trinajstić information content (AvgIpc) is 2.22. The number of carbonyl (C=O) groups is 1. The van der Waals surface area contributed by atoms with Crippen molar-refractivity contribution in [2.24, 2.45) is 0 Å². The quantitative estimate of drug-likeness (QED) is 0.777. The molecule has 0 fully saturated rings. The first-order valence-corrected chi connectivity index (χ1v) is 5.85. The summed E-state index contributed by atoms with van der Waals surface area (Å²) in [6.45, 7) is 8.48. The molecule has 0 saturated carbocycles. The summed E-state index contributed by atoms with van der Waals surface area (Å²) in [5.74, 6) is -0.898. The molecule has 100 valence electrons. The number of aryl methyl sites for hydroxylation is 1. The van der Waals surface area contributed by atoms with Gasteiger partial charge in [0.05, 0.1) is 0 Å². The molecule has 0 aliphatic carbocycles. The van der Waals surface area contributed by atoms with Crippen molar-refractivity contribution in [3.8, 4) is 5.75 Å². The van der Waals surface area contributed by atoms with Crippen molar-refractivity contribution in [3.05, 3.63) is 29.6 Å². The van der Waals surface area contributed by atoms with Gasteiger partial charge in [-0.1, -0.05) is 12.1 Å². The summed E-state index contributed by atoms with van der Waals surface area (Å²) >= 11 is 0. The van der Waals surface area contributed by atoms with Crippen LogP contribution in [0.3, 0.4) is 0 Å². The molecule has 0 bridgehead atoms. The van der Waals surface area contributed by atoms with E-state index in [-0.39, 0.29) is 5.75 Å². The third-order valence-corrected chi connectivity index (χ3v) is 2.20. The smallest absolute Gasteiger partial charge is 0.347 e. The van der Waals surface area contributed by atoms with Gasteiger partial charge in [-0.05, 0) is 46.2 Å². The number of hydrogen-bond donors (Lipinski definition) is 0. The van der Waals surface area contributed by atoms with E-state index in [1.165, 1.54) is 13.0 Å². The van der Waals surface area contributed by atoms with Gasteiger partial charge in [0.2, 0.25) is 0 Å². The minimum absolute atomic E-state index is 0.0633. The molecule has 0 spiro atoms. The Morgan fingerprint density at radius 1 is 1.33 bits per heavy atom. The second-order valence-corrected chi connectivity index (χ2v) is 5.18. The molecule has 0 aliphatic rings. The summed E-state index contributed by atoms with van der Waals surface area (Å²) in [7, 11) is 0. The van der Waals surface area contributed by atoms with Gasteiger partial charge in [-0.15, -0.1) is 0 Å². The molecular weight excluding hydrogens is 235 g/mol. The number of hydrogen-bond acceptors (Lipinski definition) is 3. The standard InChI is InChI=1S/C14H19FO3/c1-9-7-6-8-11(12(9)15)17-10(2)13(16)18-14(3,4)5/h6-8,10H,1-5H3. The minimum atomic E-state index is -0.847. The van der Waals surface area contributed by atoms with E-state index in [0.717, 1.165) is 0 Å². The fourth-order valence-corrected chi connectivity index (χ4v) is 1.33. The van der Waals surface area contributed by atoms with Gasteiger partial charge in [0.15, 0.2) is 17.7 Å². The molecule has 0 amide bonds. The zero-order valence-corrected chi connectivity index (χ0v) is 11.4. The number of benzene rings is 1. The molecule has 4 heteroatoms. The summed E-state index contributed by atoms with van der Waals surface area (Å²) in [6.07, 6.45) is -0.847. The first-order chi connectivity index (χ1) is 8.20. The highest BCUT2D eigenvalue weighted by molar-refractivity contribution is 5.75. The van der Waals surface area contributed by atoms with Crippen LogP contribution in [0, 0.1) is 12.7 Å². The molecular formula is C14H19FO3. The van der Waals surface area contributed by atoms with Crippen molar-refractivity contribution in [2.75, 3.05) is 0 Å². The van der Waals surface area contributed by atoms with E-state index >= 15 is 0 Å². The maximum atomic E-state index is 13.7. The van der Waals surface area contributed by atoms with Crippen molar-refractivity contribution in [3.63, 3.8) is 0 Å². The molecule has 0 radical (unpaired) electrons. The van der Waals surface area contributed by atoms with Gasteiger partial charge in [-0.2, -0.15) is 0 Å². The molecule has 1 atom stereocenters. The topological polar surface area (TPSA) is 35.5 Å². The van der Waals surface area contributed by atoms with Gasteiger partial charge in [-0.25, -0.2) is 9.18 Å². The summed E-state index contributed by atoms with van der Waals surface area (Å²) in [6, 6.07) is 4.80. The fourth-order valence-electron chi connectivity index (χ4n) is 1.33. The van der Waals surface area contributed by atoms with E-state index in [1.807, 2.05) is 0 Å². The second kappa shape index (κ2) is 5.38. The Bertz CT molecular complexity index is 435. The lowest BCUT2D eigenvalue weighted by atomic mass is 10.2. The van der Waals surface area contributed by atoms with Crippen molar-refractivity contribution in [1.29, 1.82) is 0 Å². The van der Waals surface area contributed by atoms with Crippen LogP contribution in [0.15, 0.2) is 18.2 Å². The van der Waals surface area contributed by atoms with Gasteiger partial charge in [0.25, 0.3) is 0 Å². The number of ether oxygens (including phenoxy) is 2. The Hall–Kier alpha value is -1.58.